The van der Waals surface area contributed by atoms with Crippen molar-refractivity contribution in [2.45, 2.75) is 52.4 Å². The lowest BCUT2D eigenvalue weighted by Crippen LogP contribution is -2.32. The standard InChI is InChI=1S/C19H28N4O2S.ClH/c1-3-8-20-9-10-21-16(24)7-6-15-22-18(25)17-13-5-4-12(2)11-14(13)26-19(17)23-15;/h12,20H,3-11H2,1-2H3,(H,21,24)(H,22,23,25);1H. The van der Waals surface area contributed by atoms with Gasteiger partial charge in [0.15, 0.2) is 0 Å². The van der Waals surface area contributed by atoms with Crippen molar-refractivity contribution in [3.8, 4) is 0 Å². The smallest absolute Gasteiger partial charge is 0.259 e. The topological polar surface area (TPSA) is 86.9 Å². The van der Waals surface area contributed by atoms with Gasteiger partial charge in [-0.2, -0.15) is 0 Å². The van der Waals surface area contributed by atoms with Crippen LogP contribution in [0.2, 0.25) is 0 Å². The van der Waals surface area contributed by atoms with Crippen LogP contribution >= 0.6 is 23.7 Å². The van der Waals surface area contributed by atoms with Crippen molar-refractivity contribution in [2.75, 3.05) is 19.6 Å². The van der Waals surface area contributed by atoms with E-state index in [0.717, 1.165) is 49.0 Å². The molecule has 0 spiro atoms. The summed E-state index contributed by atoms with van der Waals surface area (Å²) in [6.07, 6.45) is 5.02. The lowest BCUT2D eigenvalue weighted by molar-refractivity contribution is -0.121. The van der Waals surface area contributed by atoms with Crippen LogP contribution in [0.1, 0.15) is 49.4 Å². The van der Waals surface area contributed by atoms with Gasteiger partial charge in [0.2, 0.25) is 5.91 Å². The third kappa shape index (κ3) is 5.53. The highest BCUT2D eigenvalue weighted by Gasteiger charge is 2.23. The van der Waals surface area contributed by atoms with Crippen LogP contribution in [0.4, 0.5) is 0 Å². The van der Waals surface area contributed by atoms with Gasteiger partial charge in [0.1, 0.15) is 10.7 Å². The van der Waals surface area contributed by atoms with Crippen molar-refractivity contribution in [2.24, 2.45) is 5.92 Å². The summed E-state index contributed by atoms with van der Waals surface area (Å²) in [4.78, 5) is 34.1. The maximum Gasteiger partial charge on any atom is 0.259 e. The van der Waals surface area contributed by atoms with Gasteiger partial charge in [-0.25, -0.2) is 4.98 Å². The van der Waals surface area contributed by atoms with E-state index in [9.17, 15) is 9.59 Å². The van der Waals surface area contributed by atoms with Crippen molar-refractivity contribution in [1.82, 2.24) is 20.6 Å². The Hall–Kier alpha value is -1.44. The normalized spacial score (nSPS) is 16.0. The molecule has 0 radical (unpaired) electrons. The molecular weight excluding hydrogens is 384 g/mol. The molecule has 8 heteroatoms. The van der Waals surface area contributed by atoms with Crippen LogP contribution < -0.4 is 16.2 Å². The van der Waals surface area contributed by atoms with Gasteiger partial charge < -0.3 is 15.6 Å². The first-order valence-electron chi connectivity index (χ1n) is 9.59. The Morgan fingerprint density at radius 3 is 2.93 bits per heavy atom. The first-order valence-corrected chi connectivity index (χ1v) is 10.4. The minimum Gasteiger partial charge on any atom is -0.355 e. The summed E-state index contributed by atoms with van der Waals surface area (Å²) < 4.78 is 0. The van der Waals surface area contributed by atoms with Crippen molar-refractivity contribution in [1.29, 1.82) is 0 Å². The zero-order chi connectivity index (χ0) is 18.5. The minimum atomic E-state index is -0.0544. The predicted molar refractivity (Wildman–Crippen MR) is 113 cm³/mol. The molecule has 3 rings (SSSR count). The Kier molecular flexibility index (Phi) is 8.26. The average molecular weight is 413 g/mol. The van der Waals surface area contributed by atoms with E-state index in [1.807, 2.05) is 0 Å². The van der Waals surface area contributed by atoms with E-state index in [1.54, 1.807) is 11.3 Å². The van der Waals surface area contributed by atoms with Crippen molar-refractivity contribution >= 4 is 39.9 Å². The highest BCUT2D eigenvalue weighted by molar-refractivity contribution is 7.18. The summed E-state index contributed by atoms with van der Waals surface area (Å²) in [7, 11) is 0. The SMILES string of the molecule is CCCNCCNC(=O)CCc1nc2sc3c(c2c(=O)[nH]1)CCC(C)C3.Cl. The van der Waals surface area contributed by atoms with E-state index in [4.69, 9.17) is 0 Å². The number of halogens is 1. The average Bonchev–Trinajstić information content (AvgIpc) is 2.97. The van der Waals surface area contributed by atoms with E-state index < -0.39 is 0 Å². The molecule has 1 atom stereocenters. The molecular formula is C19H29ClN4O2S. The molecule has 1 unspecified atom stereocenters. The third-order valence-corrected chi connectivity index (χ3v) is 6.00. The van der Waals surface area contributed by atoms with Gasteiger partial charge in [-0.05, 0) is 43.7 Å². The van der Waals surface area contributed by atoms with Gasteiger partial charge in [0.05, 0.1) is 5.39 Å². The molecule has 0 aliphatic heterocycles. The number of aromatic nitrogens is 2. The van der Waals surface area contributed by atoms with Gasteiger partial charge in [0, 0.05) is 30.8 Å². The van der Waals surface area contributed by atoms with Gasteiger partial charge >= 0.3 is 0 Å². The first-order chi connectivity index (χ1) is 12.6. The number of aromatic amines is 1. The maximum atomic E-state index is 12.5. The maximum absolute atomic E-state index is 12.5. The summed E-state index contributed by atoms with van der Waals surface area (Å²) in [6.45, 7) is 6.73. The number of rotatable bonds is 8. The van der Waals surface area contributed by atoms with Crippen LogP contribution in [-0.4, -0.2) is 35.5 Å². The molecule has 3 N–H and O–H groups in total. The fourth-order valence-electron chi connectivity index (χ4n) is 3.42. The van der Waals surface area contributed by atoms with Gasteiger partial charge in [-0.15, -0.1) is 23.7 Å². The minimum absolute atomic E-state index is 0. The number of carbonyl (C=O) groups excluding carboxylic acids is 1. The van der Waals surface area contributed by atoms with E-state index in [-0.39, 0.29) is 23.9 Å². The largest absolute Gasteiger partial charge is 0.355 e. The fraction of sp³-hybridized carbons (Fsp3) is 0.632. The number of thiophene rings is 1. The predicted octanol–water partition coefficient (Wildman–Crippen LogP) is 2.58. The highest BCUT2D eigenvalue weighted by Crippen LogP contribution is 2.35. The Morgan fingerprint density at radius 2 is 2.15 bits per heavy atom. The number of nitrogens with zero attached hydrogens (tertiary/aromatic N) is 1. The van der Waals surface area contributed by atoms with Crippen molar-refractivity contribution in [3.05, 3.63) is 26.6 Å². The molecule has 0 bridgehead atoms. The van der Waals surface area contributed by atoms with Crippen LogP contribution in [0.15, 0.2) is 4.79 Å². The molecule has 1 amide bonds. The Bertz CT molecular complexity index is 833. The summed E-state index contributed by atoms with van der Waals surface area (Å²) in [5, 5.41) is 6.91. The Morgan fingerprint density at radius 1 is 1.33 bits per heavy atom. The van der Waals surface area contributed by atoms with Crippen molar-refractivity contribution in [3.63, 3.8) is 0 Å². The second kappa shape index (κ2) is 10.2. The first kappa shape index (κ1) is 21.9. The van der Waals surface area contributed by atoms with E-state index in [1.165, 1.54) is 10.4 Å². The summed E-state index contributed by atoms with van der Waals surface area (Å²) in [6, 6.07) is 0. The molecule has 27 heavy (non-hydrogen) atoms. The van der Waals surface area contributed by atoms with Gasteiger partial charge in [-0.3, -0.25) is 9.59 Å². The van der Waals surface area contributed by atoms with E-state index in [0.29, 0.717) is 31.1 Å². The number of nitrogens with one attached hydrogen (secondary N) is 3. The van der Waals surface area contributed by atoms with Gasteiger partial charge in [-0.1, -0.05) is 13.8 Å². The number of fused-ring (bicyclic) bond motifs is 3. The molecule has 1 aliphatic rings. The zero-order valence-corrected chi connectivity index (χ0v) is 17.7. The highest BCUT2D eigenvalue weighted by atomic mass is 35.5. The third-order valence-electron chi connectivity index (χ3n) is 4.85. The zero-order valence-electron chi connectivity index (χ0n) is 16.0. The molecule has 0 saturated carbocycles. The van der Waals surface area contributed by atoms with Crippen LogP contribution in [0.3, 0.4) is 0 Å². The molecule has 1 aliphatic carbocycles. The van der Waals surface area contributed by atoms with Crippen LogP contribution in [-0.2, 0) is 24.1 Å². The number of carbonyl (C=O) groups is 1. The quantitative estimate of drug-likeness (QED) is 0.581. The van der Waals surface area contributed by atoms with E-state index in [2.05, 4.69) is 34.4 Å². The molecule has 0 aromatic carbocycles. The second-order valence-corrected chi connectivity index (χ2v) is 8.23. The summed E-state index contributed by atoms with van der Waals surface area (Å²) in [5.41, 5.74) is 1.14. The lowest BCUT2D eigenvalue weighted by Gasteiger charge is -2.17. The van der Waals surface area contributed by atoms with E-state index >= 15 is 0 Å². The molecule has 150 valence electrons. The Balaban J connectivity index is 0.00000261. The van der Waals surface area contributed by atoms with Crippen LogP contribution in [0.25, 0.3) is 10.2 Å². The molecule has 0 saturated heterocycles. The number of amides is 1. The Labute approximate surface area is 170 Å². The number of hydrogen-bond acceptors (Lipinski definition) is 5. The van der Waals surface area contributed by atoms with Crippen LogP contribution in [0, 0.1) is 5.92 Å². The number of aryl methyl sites for hydroxylation is 2. The monoisotopic (exact) mass is 412 g/mol. The molecule has 2 aromatic rings. The summed E-state index contributed by atoms with van der Waals surface area (Å²) >= 11 is 1.65. The van der Waals surface area contributed by atoms with Crippen LogP contribution in [0.5, 0.6) is 0 Å². The van der Waals surface area contributed by atoms with Gasteiger partial charge in [0.25, 0.3) is 5.56 Å². The number of H-pyrrole nitrogens is 1. The summed E-state index contributed by atoms with van der Waals surface area (Å²) in [5.74, 6) is 1.27. The molecule has 2 heterocycles. The fourth-order valence-corrected chi connectivity index (χ4v) is 4.83. The molecule has 2 aromatic heterocycles. The lowest BCUT2D eigenvalue weighted by atomic mass is 9.89. The second-order valence-electron chi connectivity index (χ2n) is 7.14. The molecule has 0 fully saturated rings. The molecule has 6 nitrogen and oxygen atoms in total. The number of hydrogen-bond donors (Lipinski definition) is 3. The van der Waals surface area contributed by atoms with Crippen molar-refractivity contribution < 1.29 is 4.79 Å².